The lowest BCUT2D eigenvalue weighted by Gasteiger charge is -2.04. The molecule has 108 valence electrons. The van der Waals surface area contributed by atoms with Gasteiger partial charge in [0, 0.05) is 0 Å². The molecule has 0 spiro atoms. The predicted molar refractivity (Wildman–Crippen MR) is 93.8 cm³/mol. The molecule has 0 nitrogen and oxygen atoms in total. The Morgan fingerprint density at radius 1 is 0.950 bits per heavy atom. The van der Waals surface area contributed by atoms with Crippen LogP contribution < -0.4 is 0 Å². The van der Waals surface area contributed by atoms with Gasteiger partial charge in [0.15, 0.2) is 0 Å². The van der Waals surface area contributed by atoms with Gasteiger partial charge in [-0.3, -0.25) is 0 Å². The van der Waals surface area contributed by atoms with Crippen LogP contribution in [-0.2, 0) is 0 Å². The molecule has 0 N–H and O–H groups in total. The monoisotopic (exact) mass is 268 g/mol. The van der Waals surface area contributed by atoms with Crippen LogP contribution in [0, 0.1) is 0 Å². The molecule has 0 atom stereocenters. The molecule has 2 rings (SSSR count). The Labute approximate surface area is 125 Å². The lowest BCUT2D eigenvalue weighted by Crippen LogP contribution is -1.84. The van der Waals surface area contributed by atoms with Crippen LogP contribution in [0.15, 0.2) is 71.9 Å². The molecule has 0 fully saturated rings. The minimum absolute atomic E-state index is 1.04. The lowest BCUT2D eigenvalue weighted by molar-refractivity contribution is 1.21. The maximum atomic E-state index is 2.19. The third kappa shape index (κ3) is 6.94. The van der Waals surface area contributed by atoms with Crippen LogP contribution in [0.4, 0.5) is 0 Å². The zero-order valence-corrected chi connectivity index (χ0v) is 13.6. The number of rotatable bonds is 2. The summed E-state index contributed by atoms with van der Waals surface area (Å²) in [5, 5.41) is 0. The highest BCUT2D eigenvalue weighted by Crippen LogP contribution is 2.16. The van der Waals surface area contributed by atoms with E-state index in [2.05, 4.69) is 67.6 Å². The summed E-state index contributed by atoms with van der Waals surface area (Å²) in [6.07, 6.45) is 14.0. The van der Waals surface area contributed by atoms with Crippen molar-refractivity contribution in [3.05, 3.63) is 77.4 Å². The Kier molecular flexibility index (Phi) is 11.1. The Bertz CT molecular complexity index is 456. The molecule has 0 saturated carbocycles. The highest BCUT2D eigenvalue weighted by molar-refractivity contribution is 5.54. The molecule has 0 saturated heterocycles. The fourth-order valence-corrected chi connectivity index (χ4v) is 1.70. The zero-order chi connectivity index (χ0) is 15.2. The minimum atomic E-state index is 1.04. The third-order valence-electron chi connectivity index (χ3n) is 2.71. The highest BCUT2D eigenvalue weighted by atomic mass is 14.0. The van der Waals surface area contributed by atoms with Crippen molar-refractivity contribution < 1.29 is 0 Å². The summed E-state index contributed by atoms with van der Waals surface area (Å²) in [7, 11) is 0. The van der Waals surface area contributed by atoms with Crippen molar-refractivity contribution in [3.8, 4) is 0 Å². The Hall–Kier alpha value is -1.82. The zero-order valence-electron chi connectivity index (χ0n) is 13.6. The van der Waals surface area contributed by atoms with Crippen LogP contribution in [0.5, 0.6) is 0 Å². The molecule has 0 amide bonds. The van der Waals surface area contributed by atoms with E-state index in [1.807, 2.05) is 33.8 Å². The average molecular weight is 268 g/mol. The fourth-order valence-electron chi connectivity index (χ4n) is 1.70. The molecule has 0 aromatic heterocycles. The lowest BCUT2D eigenvalue weighted by atomic mass is 10.0. The molecule has 0 heterocycles. The molecule has 1 aromatic carbocycles. The van der Waals surface area contributed by atoms with Gasteiger partial charge >= 0.3 is 0 Å². The minimum Gasteiger partial charge on any atom is -0.0801 e. The van der Waals surface area contributed by atoms with Crippen LogP contribution >= 0.6 is 0 Å². The average Bonchev–Trinajstić information content (AvgIpc) is 2.58. The van der Waals surface area contributed by atoms with E-state index in [4.69, 9.17) is 0 Å². The maximum absolute atomic E-state index is 2.19. The maximum Gasteiger partial charge on any atom is -0.00917 e. The molecule has 1 aliphatic carbocycles. The molecule has 0 aliphatic heterocycles. The summed E-state index contributed by atoms with van der Waals surface area (Å²) < 4.78 is 0. The van der Waals surface area contributed by atoms with Gasteiger partial charge in [-0.05, 0) is 30.1 Å². The van der Waals surface area contributed by atoms with Crippen LogP contribution in [0.25, 0.3) is 6.08 Å². The normalized spacial score (nSPS) is 15.1. The van der Waals surface area contributed by atoms with Gasteiger partial charge in [-0.1, -0.05) is 94.5 Å². The SMILES string of the molecule is CC.CC.CC(C=Cc1ccccc1)=C1C=CC=CC1. The molecular formula is C20H28. The first-order valence-electron chi connectivity index (χ1n) is 7.62. The summed E-state index contributed by atoms with van der Waals surface area (Å²) in [4.78, 5) is 0. The molecule has 20 heavy (non-hydrogen) atoms. The smallest absolute Gasteiger partial charge is 0.00917 e. The molecule has 1 aromatic rings. The second-order valence-corrected chi connectivity index (χ2v) is 3.94. The van der Waals surface area contributed by atoms with Crippen molar-refractivity contribution in [3.63, 3.8) is 0 Å². The number of hydrogen-bond acceptors (Lipinski definition) is 0. The summed E-state index contributed by atoms with van der Waals surface area (Å²) >= 11 is 0. The molecule has 0 radical (unpaired) electrons. The summed E-state index contributed by atoms with van der Waals surface area (Å²) in [6.45, 7) is 10.2. The molecular weight excluding hydrogens is 240 g/mol. The Morgan fingerprint density at radius 3 is 2.15 bits per heavy atom. The number of benzene rings is 1. The van der Waals surface area contributed by atoms with E-state index in [0.717, 1.165) is 6.42 Å². The van der Waals surface area contributed by atoms with Gasteiger partial charge in [0.2, 0.25) is 0 Å². The van der Waals surface area contributed by atoms with Crippen molar-refractivity contribution in [1.29, 1.82) is 0 Å². The van der Waals surface area contributed by atoms with E-state index in [1.165, 1.54) is 16.7 Å². The third-order valence-corrected chi connectivity index (χ3v) is 2.71. The van der Waals surface area contributed by atoms with E-state index in [9.17, 15) is 0 Å². The van der Waals surface area contributed by atoms with Crippen LogP contribution in [-0.4, -0.2) is 0 Å². The molecule has 0 bridgehead atoms. The van der Waals surface area contributed by atoms with E-state index in [0.29, 0.717) is 0 Å². The van der Waals surface area contributed by atoms with Crippen molar-refractivity contribution in [2.24, 2.45) is 0 Å². The topological polar surface area (TPSA) is 0 Å². The molecule has 1 aliphatic rings. The van der Waals surface area contributed by atoms with Crippen molar-refractivity contribution in [2.45, 2.75) is 41.0 Å². The van der Waals surface area contributed by atoms with Gasteiger partial charge in [-0.15, -0.1) is 0 Å². The standard InChI is InChI=1S/C16H16.2C2H6/c1-14(16-10-6-3-7-11-16)12-13-15-8-4-2-5-9-15;2*1-2/h2-10,12-13H,11H2,1H3;2*1-2H3. The predicted octanol–water partition coefficient (Wildman–Crippen LogP) is 6.58. The van der Waals surface area contributed by atoms with Gasteiger partial charge in [0.05, 0.1) is 0 Å². The van der Waals surface area contributed by atoms with Gasteiger partial charge in [-0.25, -0.2) is 0 Å². The van der Waals surface area contributed by atoms with Gasteiger partial charge in [-0.2, -0.15) is 0 Å². The van der Waals surface area contributed by atoms with E-state index >= 15 is 0 Å². The fraction of sp³-hybridized carbons (Fsp3) is 0.300. The van der Waals surface area contributed by atoms with Gasteiger partial charge in [0.25, 0.3) is 0 Å². The molecule has 0 unspecified atom stereocenters. The van der Waals surface area contributed by atoms with Crippen molar-refractivity contribution in [1.82, 2.24) is 0 Å². The molecule has 0 heteroatoms. The van der Waals surface area contributed by atoms with Gasteiger partial charge < -0.3 is 0 Å². The quantitative estimate of drug-likeness (QED) is 0.568. The Morgan fingerprint density at radius 2 is 1.60 bits per heavy atom. The summed E-state index contributed by atoms with van der Waals surface area (Å²) in [6, 6.07) is 10.4. The van der Waals surface area contributed by atoms with E-state index in [1.54, 1.807) is 0 Å². The van der Waals surface area contributed by atoms with Crippen LogP contribution in [0.2, 0.25) is 0 Å². The summed E-state index contributed by atoms with van der Waals surface area (Å²) in [5.74, 6) is 0. The number of allylic oxidation sites excluding steroid dienone is 7. The van der Waals surface area contributed by atoms with Crippen molar-refractivity contribution in [2.75, 3.05) is 0 Å². The van der Waals surface area contributed by atoms with E-state index < -0.39 is 0 Å². The van der Waals surface area contributed by atoms with Gasteiger partial charge in [0.1, 0.15) is 0 Å². The second kappa shape index (κ2) is 12.2. The van der Waals surface area contributed by atoms with Crippen LogP contribution in [0.3, 0.4) is 0 Å². The Balaban J connectivity index is 0.000000829. The highest BCUT2D eigenvalue weighted by Gasteiger charge is 1.96. The van der Waals surface area contributed by atoms with Crippen LogP contribution in [0.1, 0.15) is 46.6 Å². The summed E-state index contributed by atoms with van der Waals surface area (Å²) in [5.41, 5.74) is 3.98. The first kappa shape index (κ1) is 18.2. The number of hydrogen-bond donors (Lipinski definition) is 0. The van der Waals surface area contributed by atoms with E-state index in [-0.39, 0.29) is 0 Å². The second-order valence-electron chi connectivity index (χ2n) is 3.94. The first-order chi connectivity index (χ1) is 9.86. The largest absolute Gasteiger partial charge is 0.0801 e. The first-order valence-corrected chi connectivity index (χ1v) is 7.62. The van der Waals surface area contributed by atoms with Crippen molar-refractivity contribution >= 4 is 6.08 Å².